The Kier molecular flexibility index (Phi) is 7.58. The van der Waals surface area contributed by atoms with Crippen LogP contribution in [0.1, 0.15) is 62.3 Å². The summed E-state index contributed by atoms with van der Waals surface area (Å²) < 4.78 is 17.8. The molecule has 0 aliphatic heterocycles. The predicted molar refractivity (Wildman–Crippen MR) is 143 cm³/mol. The zero-order valence-electron chi connectivity index (χ0n) is 23.1. The largest absolute Gasteiger partial charge is 0.443 e. The van der Waals surface area contributed by atoms with Crippen molar-refractivity contribution in [3.05, 3.63) is 30.5 Å². The van der Waals surface area contributed by atoms with Crippen LogP contribution in [0.25, 0.3) is 22.6 Å². The molecule has 3 rings (SSSR count). The van der Waals surface area contributed by atoms with E-state index in [2.05, 4.69) is 15.0 Å². The highest BCUT2D eigenvalue weighted by atomic mass is 16.6. The van der Waals surface area contributed by atoms with Gasteiger partial charge in [0.2, 0.25) is 0 Å². The van der Waals surface area contributed by atoms with Crippen molar-refractivity contribution in [2.45, 2.75) is 79.1 Å². The van der Waals surface area contributed by atoms with E-state index in [-0.39, 0.29) is 22.9 Å². The summed E-state index contributed by atoms with van der Waals surface area (Å²) in [6, 6.07) is 6.85. The molecule has 0 saturated carbocycles. The van der Waals surface area contributed by atoms with Crippen LogP contribution in [0.15, 0.2) is 30.5 Å². The number of para-hydroxylation sites is 2. The first-order valence-electron chi connectivity index (χ1n) is 12.0. The maximum atomic E-state index is 13.4. The molecule has 0 aliphatic carbocycles. The molecule has 2 amide bonds. The second-order valence-corrected chi connectivity index (χ2v) is 11.5. The van der Waals surface area contributed by atoms with Gasteiger partial charge in [0.15, 0.2) is 11.6 Å². The summed E-state index contributed by atoms with van der Waals surface area (Å²) in [6.07, 6.45) is -1.71. The zero-order valence-corrected chi connectivity index (χ0v) is 23.1. The van der Waals surface area contributed by atoms with E-state index in [4.69, 9.17) is 22.1 Å². The molecule has 3 aromatic rings. The summed E-state index contributed by atoms with van der Waals surface area (Å²) in [5, 5.41) is 0. The number of aromatic nitrogens is 4. The molecule has 0 saturated heterocycles. The number of imidazole rings is 1. The van der Waals surface area contributed by atoms with E-state index < -0.39 is 35.1 Å². The number of imide groups is 1. The molecule has 0 atom stereocenters. The van der Waals surface area contributed by atoms with Gasteiger partial charge in [-0.25, -0.2) is 28.9 Å². The average Bonchev–Trinajstić information content (AvgIpc) is 3.10. The second-order valence-electron chi connectivity index (χ2n) is 11.5. The minimum absolute atomic E-state index is 0.0418. The van der Waals surface area contributed by atoms with Crippen LogP contribution in [-0.2, 0) is 14.2 Å². The van der Waals surface area contributed by atoms with E-state index >= 15 is 0 Å². The number of carbonyl (C=O) groups is 3. The molecule has 0 N–H and O–H groups in total. The van der Waals surface area contributed by atoms with Gasteiger partial charge in [-0.05, 0) is 74.4 Å². The standard InChI is InChI=1S/C26H32BN5O6/c1-24(2,3)36-21(33)31-16-13-11-10-12-15(16)29-20(31)18-19(28-14-17(27)30-18)32(22(34)37-25(4,5)6)23(35)38-26(7,8)9/h10-14H,1-9H3. The number of rotatable bonds is 2. The van der Waals surface area contributed by atoms with Crippen LogP contribution in [0.3, 0.4) is 0 Å². The molecule has 11 nitrogen and oxygen atoms in total. The molecule has 2 heterocycles. The van der Waals surface area contributed by atoms with Crippen LogP contribution >= 0.6 is 0 Å². The van der Waals surface area contributed by atoms with E-state index in [1.165, 1.54) is 10.8 Å². The molecule has 200 valence electrons. The molecule has 1 aromatic carbocycles. The van der Waals surface area contributed by atoms with E-state index in [1.54, 1.807) is 86.6 Å². The van der Waals surface area contributed by atoms with Gasteiger partial charge < -0.3 is 14.2 Å². The van der Waals surface area contributed by atoms with Gasteiger partial charge in [-0.1, -0.05) is 12.1 Å². The molecule has 0 fully saturated rings. The van der Waals surface area contributed by atoms with Crippen LogP contribution in [0.4, 0.5) is 20.2 Å². The summed E-state index contributed by atoms with van der Waals surface area (Å²) in [5.74, 6) is -0.338. The highest BCUT2D eigenvalue weighted by molar-refractivity contribution is 6.30. The lowest BCUT2D eigenvalue weighted by Crippen LogP contribution is -2.45. The predicted octanol–water partition coefficient (Wildman–Crippen LogP) is 4.75. The fourth-order valence-electron chi connectivity index (χ4n) is 3.25. The Labute approximate surface area is 222 Å². The number of ether oxygens (including phenoxy) is 3. The fourth-order valence-corrected chi connectivity index (χ4v) is 3.25. The average molecular weight is 521 g/mol. The van der Waals surface area contributed by atoms with Crippen LogP contribution in [0.2, 0.25) is 0 Å². The number of fused-ring (bicyclic) bond motifs is 1. The number of nitrogens with zero attached hydrogens (tertiary/aromatic N) is 5. The molecule has 0 unspecified atom stereocenters. The van der Waals surface area contributed by atoms with Crippen molar-refractivity contribution in [1.82, 2.24) is 19.5 Å². The third kappa shape index (κ3) is 6.87. The molecule has 12 heteroatoms. The molecule has 0 aliphatic rings. The SMILES string of the molecule is [B]c1cnc(N(C(=O)OC(C)(C)C)C(=O)OC(C)(C)C)c(-c2nc3ccccc3n2C(=O)OC(C)(C)C)n1. The van der Waals surface area contributed by atoms with Gasteiger partial charge in [0.05, 0.1) is 11.0 Å². The molecular formula is C26H32BN5O6. The summed E-state index contributed by atoms with van der Waals surface area (Å²) in [5.41, 5.74) is -2.07. The first-order valence-corrected chi connectivity index (χ1v) is 12.0. The number of hydrogen-bond donors (Lipinski definition) is 0. The van der Waals surface area contributed by atoms with Crippen molar-refractivity contribution in [3.63, 3.8) is 0 Å². The van der Waals surface area contributed by atoms with Gasteiger partial charge in [0, 0.05) is 11.8 Å². The molecule has 2 aromatic heterocycles. The van der Waals surface area contributed by atoms with Crippen LogP contribution < -0.4 is 10.5 Å². The van der Waals surface area contributed by atoms with E-state index in [0.29, 0.717) is 15.9 Å². The Bertz CT molecular complexity index is 1350. The number of anilines is 1. The quantitative estimate of drug-likeness (QED) is 0.347. The Balaban J connectivity index is 2.31. The number of carbonyl (C=O) groups excluding carboxylic acids is 3. The van der Waals surface area contributed by atoms with Crippen LogP contribution in [0, 0.1) is 0 Å². The highest BCUT2D eigenvalue weighted by Gasteiger charge is 2.37. The van der Waals surface area contributed by atoms with Crippen molar-refractivity contribution in [2.75, 3.05) is 4.90 Å². The summed E-state index contributed by atoms with van der Waals surface area (Å²) in [7, 11) is 5.97. The van der Waals surface area contributed by atoms with Crippen molar-refractivity contribution in [3.8, 4) is 11.5 Å². The first kappa shape index (κ1) is 28.6. The second kappa shape index (κ2) is 10.1. The van der Waals surface area contributed by atoms with Crippen LogP contribution in [-0.4, -0.2) is 62.4 Å². The van der Waals surface area contributed by atoms with E-state index in [9.17, 15) is 14.4 Å². The Hall–Kier alpha value is -3.96. The number of amides is 2. The molecule has 2 radical (unpaired) electrons. The van der Waals surface area contributed by atoms with Crippen molar-refractivity contribution in [2.24, 2.45) is 0 Å². The first-order chi connectivity index (χ1) is 17.4. The van der Waals surface area contributed by atoms with Crippen molar-refractivity contribution < 1.29 is 28.6 Å². The normalized spacial score (nSPS) is 12.2. The minimum atomic E-state index is -1.06. The number of benzene rings is 1. The third-order valence-electron chi connectivity index (χ3n) is 4.48. The van der Waals surface area contributed by atoms with Gasteiger partial charge in [-0.3, -0.25) is 4.98 Å². The fraction of sp³-hybridized carbons (Fsp3) is 0.462. The Morgan fingerprint density at radius 1 is 0.816 bits per heavy atom. The van der Waals surface area contributed by atoms with Gasteiger partial charge >= 0.3 is 18.3 Å². The topological polar surface area (TPSA) is 126 Å². The Morgan fingerprint density at radius 3 is 1.87 bits per heavy atom. The molecule has 0 spiro atoms. The lowest BCUT2D eigenvalue weighted by Gasteiger charge is -2.28. The summed E-state index contributed by atoms with van der Waals surface area (Å²) in [6.45, 7) is 15.1. The summed E-state index contributed by atoms with van der Waals surface area (Å²) >= 11 is 0. The maximum absolute atomic E-state index is 13.4. The van der Waals surface area contributed by atoms with Gasteiger partial charge in [0.1, 0.15) is 30.3 Å². The monoisotopic (exact) mass is 521 g/mol. The van der Waals surface area contributed by atoms with Gasteiger partial charge in [0.25, 0.3) is 0 Å². The van der Waals surface area contributed by atoms with Crippen molar-refractivity contribution >= 4 is 48.6 Å². The zero-order chi connectivity index (χ0) is 28.6. The lowest BCUT2D eigenvalue weighted by atomic mass is 10.1. The van der Waals surface area contributed by atoms with E-state index in [1.807, 2.05) is 0 Å². The van der Waals surface area contributed by atoms with Crippen LogP contribution in [0.5, 0.6) is 0 Å². The Morgan fingerprint density at radius 2 is 1.34 bits per heavy atom. The lowest BCUT2D eigenvalue weighted by molar-refractivity contribution is 0.0427. The smallest absolute Gasteiger partial charge is 0.425 e. The maximum Gasteiger partial charge on any atom is 0.425 e. The summed E-state index contributed by atoms with van der Waals surface area (Å²) in [4.78, 5) is 53.7. The molecular weight excluding hydrogens is 489 g/mol. The molecule has 0 bridgehead atoms. The minimum Gasteiger partial charge on any atom is -0.443 e. The third-order valence-corrected chi connectivity index (χ3v) is 4.48. The highest BCUT2D eigenvalue weighted by Crippen LogP contribution is 2.32. The molecule has 38 heavy (non-hydrogen) atoms. The number of hydrogen-bond acceptors (Lipinski definition) is 9. The van der Waals surface area contributed by atoms with E-state index in [0.717, 1.165) is 0 Å². The van der Waals surface area contributed by atoms with Gasteiger partial charge in [-0.2, -0.15) is 4.90 Å². The van der Waals surface area contributed by atoms with Crippen molar-refractivity contribution in [1.29, 1.82) is 0 Å². The van der Waals surface area contributed by atoms with Gasteiger partial charge in [-0.15, -0.1) is 0 Å².